The number of carboxylic acids is 1. The topological polar surface area (TPSA) is 80.6 Å². The first kappa shape index (κ1) is 30.1. The van der Waals surface area contributed by atoms with Gasteiger partial charge in [-0.2, -0.15) is 0 Å². The van der Waals surface area contributed by atoms with E-state index in [4.69, 9.17) is 5.11 Å². The molecule has 32 heavy (non-hydrogen) atoms. The maximum atomic E-state index is 11.3. The summed E-state index contributed by atoms with van der Waals surface area (Å²) in [4.78, 5) is 11.3. The van der Waals surface area contributed by atoms with Gasteiger partial charge in [-0.3, -0.25) is 0 Å². The van der Waals surface area contributed by atoms with Crippen molar-refractivity contribution in [3.63, 3.8) is 0 Å². The molecule has 0 aromatic heterocycles. The fourth-order valence-electron chi connectivity index (χ4n) is 3.46. The number of nitrogens with zero attached hydrogens (tertiary/aromatic N) is 1. The molecule has 0 bridgehead atoms. The van der Waals surface area contributed by atoms with Crippen LogP contribution in [0.5, 0.6) is 0 Å². The summed E-state index contributed by atoms with van der Waals surface area (Å²) in [6.07, 6.45) is 8.14. The molecule has 0 radical (unpaired) electrons. The highest BCUT2D eigenvalue weighted by atomic mass is 35.5. The molecule has 0 saturated heterocycles. The van der Waals surface area contributed by atoms with Crippen molar-refractivity contribution in [1.29, 1.82) is 0 Å². The predicted octanol–water partition coefficient (Wildman–Crippen LogP) is 0.0920. The van der Waals surface area contributed by atoms with Gasteiger partial charge in [-0.1, -0.05) is 93.3 Å². The summed E-state index contributed by atoms with van der Waals surface area (Å²) in [5, 5.41) is 30.5. The van der Waals surface area contributed by atoms with Crippen LogP contribution in [0.25, 0.3) is 0 Å². The van der Waals surface area contributed by atoms with Crippen LogP contribution in [-0.4, -0.2) is 54.5 Å². The van der Waals surface area contributed by atoms with E-state index in [0.29, 0.717) is 6.61 Å². The summed E-state index contributed by atoms with van der Waals surface area (Å²) >= 11 is 0. The van der Waals surface area contributed by atoms with Crippen molar-refractivity contribution in [3.8, 4) is 0 Å². The van der Waals surface area contributed by atoms with E-state index < -0.39 is 11.6 Å². The summed E-state index contributed by atoms with van der Waals surface area (Å²) in [5.41, 5.74) is -1.54. The average molecular weight is 465 g/mol. The monoisotopic (exact) mass is 464 g/mol. The largest absolute Gasteiger partial charge is 1.00 e. The van der Waals surface area contributed by atoms with E-state index >= 15 is 0 Å². The van der Waals surface area contributed by atoms with Crippen molar-refractivity contribution in [2.24, 2.45) is 0 Å². The van der Waals surface area contributed by atoms with Crippen molar-refractivity contribution in [1.82, 2.24) is 0 Å². The van der Waals surface area contributed by atoms with Gasteiger partial charge in [0.15, 0.2) is 5.60 Å². The molecule has 0 atom stereocenters. The van der Waals surface area contributed by atoms with Gasteiger partial charge in [0.2, 0.25) is 0 Å². The van der Waals surface area contributed by atoms with Crippen molar-refractivity contribution in [2.75, 3.05) is 33.8 Å². The molecule has 0 spiro atoms. The van der Waals surface area contributed by atoms with E-state index in [1.807, 2.05) is 0 Å². The molecule has 6 heteroatoms. The van der Waals surface area contributed by atoms with E-state index in [2.05, 4.69) is 21.0 Å². The number of carbonyl (C=O) groups excluding carboxylic acids is 1. The Kier molecular flexibility index (Phi) is 14.9. The summed E-state index contributed by atoms with van der Waals surface area (Å²) < 4.78 is 0.963. The minimum atomic E-state index is -2.11. The fourth-order valence-corrected chi connectivity index (χ4v) is 3.46. The number of hydrogen-bond acceptors (Lipinski definition) is 4. The molecule has 0 saturated carbocycles. The SMILES string of the molecule is CCCCCCCC[N+](C)(C)CCO.O=C([O-])C(O)(c1ccccc1)c1ccccc1.[Cl-]. The molecular weight excluding hydrogens is 426 g/mol. The third-order valence-corrected chi connectivity index (χ3v) is 5.50. The lowest BCUT2D eigenvalue weighted by molar-refractivity contribution is -0.890. The Labute approximate surface area is 199 Å². The second-order valence-electron chi connectivity index (χ2n) is 8.60. The number of carbonyl (C=O) groups is 1. The average Bonchev–Trinajstić information content (AvgIpc) is 2.77. The van der Waals surface area contributed by atoms with Crippen molar-refractivity contribution < 1.29 is 37.0 Å². The molecular formula is C26H39ClNO4-. The normalized spacial score (nSPS) is 11.2. The maximum absolute atomic E-state index is 11.3. The molecule has 2 rings (SSSR count). The van der Waals surface area contributed by atoms with Gasteiger partial charge in [0.25, 0.3) is 0 Å². The second-order valence-corrected chi connectivity index (χ2v) is 8.60. The Morgan fingerprint density at radius 1 is 0.844 bits per heavy atom. The molecule has 0 aliphatic carbocycles. The van der Waals surface area contributed by atoms with Crippen molar-refractivity contribution in [2.45, 2.75) is 51.0 Å². The molecule has 0 fully saturated rings. The second kappa shape index (κ2) is 15.8. The number of halogens is 1. The standard InChI is InChI=1S/C14H12O3.C12H28NO.ClH/c15-13(16)14(17,11-7-3-1-4-8-11)12-9-5-2-6-10-12;1-4-5-6-7-8-9-10-13(2,3)11-12-14;/h1-10,17H,(H,15,16);14H,4-12H2,1-3H3;1H/q;+1;/p-2. The highest BCUT2D eigenvalue weighted by molar-refractivity contribution is 5.81. The number of benzene rings is 2. The molecule has 180 valence electrons. The fraction of sp³-hybridized carbons (Fsp3) is 0.500. The first-order valence-electron chi connectivity index (χ1n) is 11.3. The van der Waals surface area contributed by atoms with Gasteiger partial charge >= 0.3 is 0 Å². The molecule has 0 unspecified atom stereocenters. The maximum Gasteiger partial charge on any atom is 0.154 e. The minimum absolute atomic E-state index is 0. The highest BCUT2D eigenvalue weighted by Crippen LogP contribution is 2.28. The number of rotatable bonds is 12. The summed E-state index contributed by atoms with van der Waals surface area (Å²) in [5.74, 6) is -1.53. The molecule has 0 aliphatic heterocycles. The number of hydrogen-bond donors (Lipinski definition) is 2. The third-order valence-electron chi connectivity index (χ3n) is 5.50. The Morgan fingerprint density at radius 3 is 1.69 bits per heavy atom. The molecule has 2 aromatic rings. The molecule has 0 aliphatic rings. The Balaban J connectivity index is 0.000000596. The Hall–Kier alpha value is -1.92. The van der Waals surface area contributed by atoms with Crippen LogP contribution >= 0.6 is 0 Å². The number of unbranched alkanes of at least 4 members (excludes halogenated alkanes) is 5. The number of likely N-dealkylation sites (N-methyl/N-ethyl adjacent to an activating group) is 1. The van der Waals surface area contributed by atoms with Crippen LogP contribution in [-0.2, 0) is 10.4 Å². The van der Waals surface area contributed by atoms with Crippen LogP contribution in [0.4, 0.5) is 0 Å². The van der Waals surface area contributed by atoms with E-state index in [9.17, 15) is 15.0 Å². The quantitative estimate of drug-likeness (QED) is 0.344. The van der Waals surface area contributed by atoms with E-state index in [1.54, 1.807) is 60.7 Å². The predicted molar refractivity (Wildman–Crippen MR) is 123 cm³/mol. The van der Waals surface area contributed by atoms with E-state index in [0.717, 1.165) is 11.0 Å². The Bertz CT molecular complexity index is 699. The first-order valence-corrected chi connectivity index (χ1v) is 11.3. The van der Waals surface area contributed by atoms with Crippen molar-refractivity contribution in [3.05, 3.63) is 71.8 Å². The van der Waals surface area contributed by atoms with Crippen LogP contribution in [0, 0.1) is 0 Å². The first-order chi connectivity index (χ1) is 14.8. The van der Waals surface area contributed by atoms with Crippen molar-refractivity contribution >= 4 is 5.97 Å². The van der Waals surface area contributed by atoms with Gasteiger partial charge in [0.1, 0.15) is 6.54 Å². The minimum Gasteiger partial charge on any atom is -1.00 e. The number of quaternary nitrogens is 1. The van der Waals surface area contributed by atoms with E-state index in [-0.39, 0.29) is 23.5 Å². The van der Waals surface area contributed by atoms with Gasteiger partial charge in [-0.15, -0.1) is 0 Å². The summed E-state index contributed by atoms with van der Waals surface area (Å²) in [7, 11) is 4.39. The van der Waals surface area contributed by atoms with Crippen LogP contribution in [0.3, 0.4) is 0 Å². The summed E-state index contributed by atoms with van der Waals surface area (Å²) in [6, 6.07) is 16.4. The van der Waals surface area contributed by atoms with Crippen LogP contribution in [0.15, 0.2) is 60.7 Å². The zero-order chi connectivity index (χ0) is 23.2. The Morgan fingerprint density at radius 2 is 1.28 bits per heavy atom. The van der Waals surface area contributed by atoms with Gasteiger partial charge in [-0.05, 0) is 24.0 Å². The van der Waals surface area contributed by atoms with Crippen LogP contribution in [0.1, 0.15) is 56.6 Å². The van der Waals surface area contributed by atoms with Gasteiger partial charge in [0, 0.05) is 0 Å². The molecule has 2 N–H and O–H groups in total. The number of carboxylic acid groups (broad SMARTS) is 1. The number of aliphatic carboxylic acids is 1. The summed E-state index contributed by atoms with van der Waals surface area (Å²) in [6.45, 7) is 4.64. The van der Waals surface area contributed by atoms with Gasteiger partial charge in [-0.25, -0.2) is 0 Å². The van der Waals surface area contributed by atoms with Crippen LogP contribution in [0.2, 0.25) is 0 Å². The lowest BCUT2D eigenvalue weighted by atomic mass is 9.86. The molecule has 5 nitrogen and oxygen atoms in total. The molecule has 0 amide bonds. The lowest BCUT2D eigenvalue weighted by Gasteiger charge is -2.30. The molecule has 2 aromatic carbocycles. The highest BCUT2D eigenvalue weighted by Gasteiger charge is 2.32. The third kappa shape index (κ3) is 10.1. The van der Waals surface area contributed by atoms with Crippen LogP contribution < -0.4 is 17.5 Å². The zero-order valence-corrected chi connectivity index (χ0v) is 20.4. The lowest BCUT2D eigenvalue weighted by Crippen LogP contribution is -3.00. The zero-order valence-electron chi connectivity index (χ0n) is 19.7. The number of aliphatic hydroxyl groups excluding tert-OH is 1. The number of aliphatic hydroxyl groups is 2. The van der Waals surface area contributed by atoms with E-state index in [1.165, 1.54) is 45.1 Å². The van der Waals surface area contributed by atoms with Gasteiger partial charge in [0.05, 0.1) is 33.2 Å². The van der Waals surface area contributed by atoms with Gasteiger partial charge < -0.3 is 37.0 Å². The smallest absolute Gasteiger partial charge is 0.154 e. The molecule has 0 heterocycles.